The molecule has 2 rings (SSSR count). The van der Waals surface area contributed by atoms with E-state index >= 15 is 0 Å². The van der Waals surface area contributed by atoms with Gasteiger partial charge in [0.25, 0.3) is 5.95 Å². The van der Waals surface area contributed by atoms with Crippen molar-refractivity contribution in [1.82, 2.24) is 20.3 Å². The quantitative estimate of drug-likeness (QED) is 0.802. The third-order valence-corrected chi connectivity index (χ3v) is 2.55. The molecule has 0 spiro atoms. The number of nitrogen functional groups attached to an aromatic ring is 1. The third-order valence-electron chi connectivity index (χ3n) is 2.55. The maximum Gasteiger partial charge on any atom is 0.263 e. The normalized spacial score (nSPS) is 11.2. The molecular weight excluding hydrogens is 272 g/mol. The minimum Gasteiger partial charge on any atom is -0.493 e. The zero-order chi connectivity index (χ0) is 15.2. The fourth-order valence-corrected chi connectivity index (χ4v) is 1.53. The van der Waals surface area contributed by atoms with Crippen LogP contribution < -0.4 is 15.2 Å². The van der Waals surface area contributed by atoms with Gasteiger partial charge in [-0.3, -0.25) is 0 Å². The molecule has 0 atom stereocenters. The van der Waals surface area contributed by atoms with Crippen LogP contribution in [0.1, 0.15) is 19.4 Å². The molecule has 0 fully saturated rings. The fraction of sp³-hybridized carbons (Fsp3) is 0.385. The van der Waals surface area contributed by atoms with Crippen molar-refractivity contribution in [2.45, 2.75) is 13.8 Å². The van der Waals surface area contributed by atoms with Crippen LogP contribution in [0, 0.1) is 5.92 Å². The summed E-state index contributed by atoms with van der Waals surface area (Å²) in [6.07, 6.45) is 1.58. The molecule has 0 unspecified atom stereocenters. The van der Waals surface area contributed by atoms with Gasteiger partial charge in [0.05, 0.1) is 19.9 Å². The van der Waals surface area contributed by atoms with E-state index in [0.29, 0.717) is 24.0 Å². The van der Waals surface area contributed by atoms with Gasteiger partial charge in [0.2, 0.25) is 0 Å². The van der Waals surface area contributed by atoms with E-state index in [-0.39, 0.29) is 5.95 Å². The number of methoxy groups -OCH3 is 1. The number of nitrogens with two attached hydrogens (primary N) is 1. The van der Waals surface area contributed by atoms with E-state index in [1.54, 1.807) is 13.3 Å². The Labute approximate surface area is 122 Å². The Morgan fingerprint density at radius 3 is 2.81 bits per heavy atom. The monoisotopic (exact) mass is 290 g/mol. The molecule has 8 nitrogen and oxygen atoms in total. The van der Waals surface area contributed by atoms with Gasteiger partial charge in [-0.2, -0.15) is 5.10 Å². The van der Waals surface area contributed by atoms with E-state index in [1.165, 1.54) is 0 Å². The van der Waals surface area contributed by atoms with Gasteiger partial charge < -0.3 is 15.2 Å². The molecule has 0 aliphatic rings. The average molecular weight is 290 g/mol. The lowest BCUT2D eigenvalue weighted by molar-refractivity contribution is 0.257. The van der Waals surface area contributed by atoms with E-state index in [0.717, 1.165) is 10.4 Å². The number of aromatic nitrogens is 4. The zero-order valence-corrected chi connectivity index (χ0v) is 12.2. The first kappa shape index (κ1) is 14.8. The lowest BCUT2D eigenvalue weighted by atomic mass is 10.2. The summed E-state index contributed by atoms with van der Waals surface area (Å²) in [7, 11) is 1.60. The molecule has 0 radical (unpaired) electrons. The standard InChI is InChI=1S/C13H18N6O2/c1-9(2)8-21-11-5-4-10(6-12(11)20-3)7-15-19-13(14)16-17-18-19/h4-7,9H,8H2,1-3H3,(H2,14,16,18)/b15-7+. The molecular formula is C13H18N6O2. The largest absolute Gasteiger partial charge is 0.493 e. The van der Waals surface area contributed by atoms with E-state index in [9.17, 15) is 0 Å². The van der Waals surface area contributed by atoms with Gasteiger partial charge in [0, 0.05) is 0 Å². The molecule has 1 aromatic carbocycles. The highest BCUT2D eigenvalue weighted by Crippen LogP contribution is 2.28. The van der Waals surface area contributed by atoms with Crippen molar-refractivity contribution in [3.8, 4) is 11.5 Å². The summed E-state index contributed by atoms with van der Waals surface area (Å²) in [5.74, 6) is 1.91. The van der Waals surface area contributed by atoms with E-state index in [4.69, 9.17) is 15.2 Å². The summed E-state index contributed by atoms with van der Waals surface area (Å²) in [6, 6.07) is 5.52. The van der Waals surface area contributed by atoms with E-state index < -0.39 is 0 Å². The summed E-state index contributed by atoms with van der Waals surface area (Å²) in [4.78, 5) is 1.13. The maximum absolute atomic E-state index is 5.69. The van der Waals surface area contributed by atoms with Crippen LogP contribution in [0.2, 0.25) is 0 Å². The number of nitrogens with zero attached hydrogens (tertiary/aromatic N) is 5. The number of hydrogen-bond donors (Lipinski definition) is 1. The van der Waals surface area contributed by atoms with E-state index in [1.807, 2.05) is 18.2 Å². The number of anilines is 1. The lowest BCUT2D eigenvalue weighted by Gasteiger charge is -2.12. The highest BCUT2D eigenvalue weighted by Gasteiger charge is 2.06. The predicted molar refractivity (Wildman–Crippen MR) is 78.5 cm³/mol. The number of benzene rings is 1. The molecule has 8 heteroatoms. The zero-order valence-electron chi connectivity index (χ0n) is 12.2. The van der Waals surface area contributed by atoms with Crippen LogP contribution in [0.3, 0.4) is 0 Å². The average Bonchev–Trinajstić information content (AvgIpc) is 2.88. The Hall–Kier alpha value is -2.64. The topological polar surface area (TPSA) is 100 Å². The summed E-state index contributed by atoms with van der Waals surface area (Å²) in [5.41, 5.74) is 6.34. The number of ether oxygens (including phenoxy) is 2. The Bertz CT molecular complexity index is 623. The van der Waals surface area contributed by atoms with Crippen molar-refractivity contribution < 1.29 is 9.47 Å². The second kappa shape index (κ2) is 6.69. The number of hydrogen-bond acceptors (Lipinski definition) is 7. The third kappa shape index (κ3) is 3.91. The highest BCUT2D eigenvalue weighted by molar-refractivity contribution is 5.80. The Morgan fingerprint density at radius 2 is 2.19 bits per heavy atom. The van der Waals surface area contributed by atoms with Crippen molar-refractivity contribution in [2.75, 3.05) is 19.5 Å². The van der Waals surface area contributed by atoms with Crippen LogP contribution in [0.15, 0.2) is 23.3 Å². The van der Waals surface area contributed by atoms with Crippen molar-refractivity contribution in [3.63, 3.8) is 0 Å². The summed E-state index contributed by atoms with van der Waals surface area (Å²) in [5, 5.41) is 14.6. The van der Waals surface area contributed by atoms with Crippen molar-refractivity contribution in [2.24, 2.45) is 11.0 Å². The smallest absolute Gasteiger partial charge is 0.263 e. The molecule has 2 N–H and O–H groups in total. The lowest BCUT2D eigenvalue weighted by Crippen LogP contribution is -2.05. The van der Waals surface area contributed by atoms with Crippen LogP contribution >= 0.6 is 0 Å². The second-order valence-electron chi connectivity index (χ2n) is 4.79. The van der Waals surface area contributed by atoms with Gasteiger partial charge in [0.15, 0.2) is 11.5 Å². The molecule has 112 valence electrons. The molecule has 0 saturated carbocycles. The van der Waals surface area contributed by atoms with Gasteiger partial charge in [-0.25, -0.2) is 0 Å². The molecule has 1 aromatic heterocycles. The van der Waals surface area contributed by atoms with Crippen LogP contribution in [-0.4, -0.2) is 40.2 Å². The maximum atomic E-state index is 5.69. The van der Waals surface area contributed by atoms with Crippen LogP contribution in [0.5, 0.6) is 11.5 Å². The van der Waals surface area contributed by atoms with Crippen molar-refractivity contribution >= 4 is 12.2 Å². The summed E-state index contributed by atoms with van der Waals surface area (Å²) in [6.45, 7) is 4.80. The fourth-order valence-electron chi connectivity index (χ4n) is 1.53. The Kier molecular flexibility index (Phi) is 4.70. The Balaban J connectivity index is 2.15. The first-order valence-corrected chi connectivity index (χ1v) is 6.49. The second-order valence-corrected chi connectivity index (χ2v) is 4.79. The Morgan fingerprint density at radius 1 is 1.38 bits per heavy atom. The summed E-state index contributed by atoms with van der Waals surface area (Å²) < 4.78 is 11.0. The van der Waals surface area contributed by atoms with Crippen molar-refractivity contribution in [1.29, 1.82) is 0 Å². The molecule has 21 heavy (non-hydrogen) atoms. The molecule has 0 aliphatic heterocycles. The van der Waals surface area contributed by atoms with Gasteiger partial charge in [0.1, 0.15) is 0 Å². The molecule has 1 heterocycles. The molecule has 0 amide bonds. The minimum absolute atomic E-state index is 0.120. The van der Waals surface area contributed by atoms with E-state index in [2.05, 4.69) is 34.5 Å². The van der Waals surface area contributed by atoms with Crippen LogP contribution in [0.25, 0.3) is 0 Å². The van der Waals surface area contributed by atoms with Crippen LogP contribution in [-0.2, 0) is 0 Å². The summed E-state index contributed by atoms with van der Waals surface area (Å²) >= 11 is 0. The first-order chi connectivity index (χ1) is 10.1. The first-order valence-electron chi connectivity index (χ1n) is 6.49. The number of rotatable bonds is 6. The van der Waals surface area contributed by atoms with Crippen LogP contribution in [0.4, 0.5) is 5.95 Å². The molecule has 0 bridgehead atoms. The molecule has 0 aliphatic carbocycles. The van der Waals surface area contributed by atoms with Gasteiger partial charge >= 0.3 is 0 Å². The number of tetrazole rings is 1. The van der Waals surface area contributed by atoms with Crippen molar-refractivity contribution in [3.05, 3.63) is 23.8 Å². The van der Waals surface area contributed by atoms with Gasteiger partial charge in [-0.15, -0.1) is 0 Å². The molecule has 0 saturated heterocycles. The minimum atomic E-state index is 0.120. The predicted octanol–water partition coefficient (Wildman–Crippen LogP) is 1.18. The SMILES string of the molecule is COc1cc(/C=N/n2nnnc2N)ccc1OCC(C)C. The molecule has 2 aromatic rings. The van der Waals surface area contributed by atoms with Gasteiger partial charge in [-0.1, -0.05) is 23.7 Å². The van der Waals surface area contributed by atoms with Gasteiger partial charge in [-0.05, 0) is 40.1 Å². The highest BCUT2D eigenvalue weighted by atomic mass is 16.5.